The van der Waals surface area contributed by atoms with Crippen molar-refractivity contribution in [2.24, 2.45) is 0 Å². The van der Waals surface area contributed by atoms with Crippen LogP contribution in [-0.2, 0) is 4.79 Å². The molecule has 0 fully saturated rings. The van der Waals surface area contributed by atoms with Crippen LogP contribution in [0.25, 0.3) is 5.57 Å². The second-order valence-corrected chi connectivity index (χ2v) is 3.74. The number of carboxylic acids is 1. The molecule has 0 saturated heterocycles. The molecule has 1 aromatic carbocycles. The van der Waals surface area contributed by atoms with Crippen molar-refractivity contribution in [3.05, 3.63) is 40.7 Å². The fourth-order valence-electron chi connectivity index (χ4n) is 1.04. The molecule has 0 bridgehead atoms. The number of rotatable bonds is 3. The lowest BCUT2D eigenvalue weighted by Gasteiger charge is -2.03. The minimum Gasteiger partial charge on any atom is -0.478 e. The first-order chi connectivity index (χ1) is 7.04. The Hall–Kier alpha value is -0.870. The zero-order valence-electron chi connectivity index (χ0n) is 7.51. The Labute approximate surface area is 99.5 Å². The summed E-state index contributed by atoms with van der Waals surface area (Å²) in [7, 11) is 0. The molecule has 1 N–H and O–H groups in total. The first-order valence-electron chi connectivity index (χ1n) is 3.99. The number of hydrogen-bond donors (Lipinski definition) is 1. The summed E-state index contributed by atoms with van der Waals surface area (Å²) >= 11 is 8.65. The lowest BCUT2D eigenvalue weighted by atomic mass is 10.1. The lowest BCUT2D eigenvalue weighted by Crippen LogP contribution is -1.94. The Morgan fingerprint density at radius 2 is 2.27 bits per heavy atom. The molecule has 0 aromatic heterocycles. The van der Waals surface area contributed by atoms with Crippen LogP contribution in [0.4, 0.5) is 4.39 Å². The predicted octanol–water partition coefficient (Wildman–Crippen LogP) is 3.34. The number of aliphatic carboxylic acids is 1. The van der Waals surface area contributed by atoms with Crippen molar-refractivity contribution in [3.8, 4) is 0 Å². The Bertz CT molecular complexity index is 418. The smallest absolute Gasteiger partial charge is 0.328 e. The number of carboxylic acid groups (broad SMARTS) is 1. The summed E-state index contributed by atoms with van der Waals surface area (Å²) in [5, 5.41) is 8.93. The minimum absolute atomic E-state index is 0.0167. The zero-order chi connectivity index (χ0) is 11.4. The van der Waals surface area contributed by atoms with Crippen molar-refractivity contribution in [3.63, 3.8) is 0 Å². The molecule has 0 unspecified atom stereocenters. The third-order valence-corrected chi connectivity index (χ3v) is 2.64. The van der Waals surface area contributed by atoms with Crippen LogP contribution < -0.4 is 0 Å². The summed E-state index contributed by atoms with van der Waals surface area (Å²) in [5.41, 5.74) is 0.981. The van der Waals surface area contributed by atoms with E-state index in [1.165, 1.54) is 12.1 Å². The van der Waals surface area contributed by atoms with Gasteiger partial charge in [-0.3, -0.25) is 0 Å². The third-order valence-electron chi connectivity index (χ3n) is 1.73. The Kier molecular flexibility index (Phi) is 4.29. The van der Waals surface area contributed by atoms with Crippen molar-refractivity contribution in [1.29, 1.82) is 0 Å². The van der Waals surface area contributed by atoms with Crippen LogP contribution in [-0.4, -0.2) is 16.4 Å². The molecule has 0 heterocycles. The monoisotopic (exact) mass is 292 g/mol. The van der Waals surface area contributed by atoms with Gasteiger partial charge in [-0.15, -0.1) is 0 Å². The summed E-state index contributed by atoms with van der Waals surface area (Å²) in [5.74, 6) is -1.63. The van der Waals surface area contributed by atoms with Crippen molar-refractivity contribution >= 4 is 39.1 Å². The van der Waals surface area contributed by atoms with Crippen LogP contribution in [0.1, 0.15) is 5.56 Å². The molecule has 15 heavy (non-hydrogen) atoms. The molecular weight excluding hydrogens is 286 g/mol. The van der Waals surface area contributed by atoms with E-state index in [-0.39, 0.29) is 5.02 Å². The van der Waals surface area contributed by atoms with Gasteiger partial charge >= 0.3 is 5.97 Å². The van der Waals surface area contributed by atoms with E-state index in [4.69, 9.17) is 16.7 Å². The average Bonchev–Trinajstić information content (AvgIpc) is 2.18. The van der Waals surface area contributed by atoms with Gasteiger partial charge in [0.2, 0.25) is 0 Å². The summed E-state index contributed by atoms with van der Waals surface area (Å²) in [6, 6.07) is 4.17. The van der Waals surface area contributed by atoms with Gasteiger partial charge in [-0.2, -0.15) is 0 Å². The quantitative estimate of drug-likeness (QED) is 0.685. The van der Waals surface area contributed by atoms with Gasteiger partial charge in [0.25, 0.3) is 0 Å². The van der Waals surface area contributed by atoms with Gasteiger partial charge in [-0.1, -0.05) is 33.6 Å². The van der Waals surface area contributed by atoms with Gasteiger partial charge in [0, 0.05) is 11.4 Å². The van der Waals surface area contributed by atoms with Crippen LogP contribution in [0.5, 0.6) is 0 Å². The zero-order valence-corrected chi connectivity index (χ0v) is 9.85. The highest BCUT2D eigenvalue weighted by molar-refractivity contribution is 9.09. The molecule has 0 spiro atoms. The topological polar surface area (TPSA) is 37.3 Å². The molecule has 1 aromatic rings. The molecule has 2 nitrogen and oxygen atoms in total. The maximum atomic E-state index is 13.1. The largest absolute Gasteiger partial charge is 0.478 e. The van der Waals surface area contributed by atoms with Crippen LogP contribution >= 0.6 is 27.5 Å². The van der Waals surface area contributed by atoms with Gasteiger partial charge in [0.1, 0.15) is 5.82 Å². The molecular formula is C10H7BrClFO2. The third kappa shape index (κ3) is 3.32. The highest BCUT2D eigenvalue weighted by Gasteiger charge is 2.06. The van der Waals surface area contributed by atoms with Crippen LogP contribution in [0.3, 0.4) is 0 Å². The van der Waals surface area contributed by atoms with E-state index in [2.05, 4.69) is 15.9 Å². The molecule has 0 atom stereocenters. The highest BCUT2D eigenvalue weighted by atomic mass is 79.9. The van der Waals surface area contributed by atoms with Crippen molar-refractivity contribution < 1.29 is 14.3 Å². The number of carbonyl (C=O) groups is 1. The lowest BCUT2D eigenvalue weighted by molar-refractivity contribution is -0.131. The Morgan fingerprint density at radius 1 is 1.60 bits per heavy atom. The van der Waals surface area contributed by atoms with Crippen LogP contribution in [0.15, 0.2) is 24.3 Å². The number of benzene rings is 1. The van der Waals surface area contributed by atoms with E-state index in [1.54, 1.807) is 6.07 Å². The second-order valence-electron chi connectivity index (χ2n) is 2.77. The highest BCUT2D eigenvalue weighted by Crippen LogP contribution is 2.22. The van der Waals surface area contributed by atoms with Gasteiger partial charge in [0.05, 0.1) is 5.02 Å². The summed E-state index contributed by atoms with van der Waals surface area (Å²) in [6.07, 6.45) is 1.03. The van der Waals surface area contributed by atoms with Crippen LogP contribution in [0.2, 0.25) is 5.02 Å². The number of hydrogen-bond acceptors (Lipinski definition) is 1. The average molecular weight is 294 g/mol. The molecule has 0 aliphatic heterocycles. The molecule has 0 radical (unpaired) electrons. The molecule has 0 amide bonds. The summed E-state index contributed by atoms with van der Waals surface area (Å²) in [6.45, 7) is 0. The second kappa shape index (κ2) is 5.28. The molecule has 0 saturated carbocycles. The number of halogens is 3. The fourth-order valence-corrected chi connectivity index (χ4v) is 1.65. The van der Waals surface area contributed by atoms with Gasteiger partial charge in [0.15, 0.2) is 0 Å². The van der Waals surface area contributed by atoms with Crippen LogP contribution in [0, 0.1) is 5.82 Å². The Balaban J connectivity index is 3.14. The van der Waals surface area contributed by atoms with E-state index in [1.807, 2.05) is 0 Å². The molecule has 1 rings (SSSR count). The van der Waals surface area contributed by atoms with Gasteiger partial charge < -0.3 is 5.11 Å². The maximum Gasteiger partial charge on any atom is 0.328 e. The van der Waals surface area contributed by atoms with E-state index in [0.29, 0.717) is 16.5 Å². The standard InChI is InChI=1S/C10H7BrClFO2/c11-5-7(4-10(14)15)6-1-2-8(12)9(13)3-6/h1-4H,5H2,(H,14,15)/b7-4-. The first-order valence-corrected chi connectivity index (χ1v) is 5.49. The summed E-state index contributed by atoms with van der Waals surface area (Å²) < 4.78 is 13.1. The SMILES string of the molecule is O=C(O)/C=C(/CBr)c1ccc(Cl)c(F)c1. The predicted molar refractivity (Wildman–Crippen MR) is 60.8 cm³/mol. The molecule has 0 aliphatic rings. The van der Waals surface area contributed by atoms with E-state index < -0.39 is 11.8 Å². The number of alkyl halides is 1. The van der Waals surface area contributed by atoms with E-state index >= 15 is 0 Å². The van der Waals surface area contributed by atoms with Crippen molar-refractivity contribution in [2.45, 2.75) is 0 Å². The number of allylic oxidation sites excluding steroid dienone is 1. The molecule has 0 aliphatic carbocycles. The van der Waals surface area contributed by atoms with Gasteiger partial charge in [-0.25, -0.2) is 9.18 Å². The van der Waals surface area contributed by atoms with E-state index in [9.17, 15) is 9.18 Å². The fraction of sp³-hybridized carbons (Fsp3) is 0.100. The van der Waals surface area contributed by atoms with Crippen molar-refractivity contribution in [2.75, 3.05) is 5.33 Å². The van der Waals surface area contributed by atoms with Crippen molar-refractivity contribution in [1.82, 2.24) is 0 Å². The maximum absolute atomic E-state index is 13.1. The summed E-state index contributed by atoms with van der Waals surface area (Å²) in [4.78, 5) is 10.5. The van der Waals surface area contributed by atoms with Gasteiger partial charge in [-0.05, 0) is 23.3 Å². The Morgan fingerprint density at radius 3 is 2.73 bits per heavy atom. The molecule has 5 heteroatoms. The normalized spacial score (nSPS) is 11.5. The minimum atomic E-state index is -1.07. The molecule has 80 valence electrons. The first kappa shape index (κ1) is 12.2. The van der Waals surface area contributed by atoms with E-state index in [0.717, 1.165) is 6.08 Å².